The minimum atomic E-state index is 0. The van der Waals surface area contributed by atoms with E-state index in [0.717, 1.165) is 57.7 Å². The van der Waals surface area contributed by atoms with Crippen LogP contribution in [0.1, 0.15) is 38.2 Å². The van der Waals surface area contributed by atoms with E-state index in [2.05, 4.69) is 40.8 Å². The van der Waals surface area contributed by atoms with Crippen LogP contribution in [-0.2, 0) is 4.79 Å². The molecule has 0 spiro atoms. The first-order chi connectivity index (χ1) is 11.5. The molecule has 3 heterocycles. The predicted molar refractivity (Wildman–Crippen MR) is 111 cm³/mol. The molecule has 2 aliphatic rings. The fourth-order valence-corrected chi connectivity index (χ4v) is 3.90. The van der Waals surface area contributed by atoms with E-state index in [1.165, 1.54) is 5.56 Å². The first kappa shape index (κ1) is 23.0. The van der Waals surface area contributed by atoms with Gasteiger partial charge in [0, 0.05) is 44.3 Å². The van der Waals surface area contributed by atoms with Crippen molar-refractivity contribution in [2.75, 3.05) is 31.1 Å². The van der Waals surface area contributed by atoms with Gasteiger partial charge < -0.3 is 15.5 Å². The number of halogens is 2. The van der Waals surface area contributed by atoms with E-state index < -0.39 is 0 Å². The van der Waals surface area contributed by atoms with Crippen molar-refractivity contribution in [1.82, 2.24) is 9.88 Å². The molecular formula is C19H32Cl2N4O. The number of piperidine rings is 2. The lowest BCUT2D eigenvalue weighted by molar-refractivity contribution is -0.138. The van der Waals surface area contributed by atoms with Crippen molar-refractivity contribution in [3.05, 3.63) is 23.9 Å². The van der Waals surface area contributed by atoms with Crippen LogP contribution in [0.3, 0.4) is 0 Å². The fraction of sp³-hybridized carbons (Fsp3) is 0.684. The zero-order valence-electron chi connectivity index (χ0n) is 15.8. The van der Waals surface area contributed by atoms with Crippen molar-refractivity contribution in [3.63, 3.8) is 0 Å². The Morgan fingerprint density at radius 2 is 1.88 bits per heavy atom. The highest BCUT2D eigenvalue weighted by atomic mass is 35.5. The molecule has 5 nitrogen and oxygen atoms in total. The quantitative estimate of drug-likeness (QED) is 0.843. The first-order valence-corrected chi connectivity index (χ1v) is 9.26. The third-order valence-corrected chi connectivity index (χ3v) is 5.58. The lowest BCUT2D eigenvalue weighted by atomic mass is 9.89. The van der Waals surface area contributed by atoms with Crippen LogP contribution in [0.2, 0.25) is 0 Å². The summed E-state index contributed by atoms with van der Waals surface area (Å²) in [6.45, 7) is 7.69. The number of nitrogens with zero attached hydrogens (tertiary/aromatic N) is 3. The highest BCUT2D eigenvalue weighted by molar-refractivity contribution is 5.85. The molecule has 2 saturated heterocycles. The standard InChI is InChI=1S/C19H30N4O.2ClH/c1-14-5-6-18(21-12-14)22-10-7-16(8-11-22)19(24)23-9-3-4-17(13-23)15(2)20;;/h5-6,12,15-17H,3-4,7-11,13,20H2,1-2H3;2*1H. The molecule has 0 aliphatic carbocycles. The molecule has 2 aliphatic heterocycles. The Hall–Kier alpha value is -1.04. The van der Waals surface area contributed by atoms with Gasteiger partial charge in [-0.2, -0.15) is 0 Å². The lowest BCUT2D eigenvalue weighted by Crippen LogP contribution is -2.49. The highest BCUT2D eigenvalue weighted by Crippen LogP contribution is 2.26. The number of carbonyl (C=O) groups is 1. The Labute approximate surface area is 169 Å². The zero-order chi connectivity index (χ0) is 17.1. The summed E-state index contributed by atoms with van der Waals surface area (Å²) in [5, 5.41) is 0. The summed E-state index contributed by atoms with van der Waals surface area (Å²) in [6, 6.07) is 4.35. The molecule has 2 N–H and O–H groups in total. The van der Waals surface area contributed by atoms with Crippen LogP contribution >= 0.6 is 24.8 Å². The zero-order valence-corrected chi connectivity index (χ0v) is 17.4. The van der Waals surface area contributed by atoms with Gasteiger partial charge in [0.15, 0.2) is 0 Å². The topological polar surface area (TPSA) is 62.5 Å². The number of nitrogens with two attached hydrogens (primary N) is 1. The average Bonchev–Trinajstić information content (AvgIpc) is 2.62. The maximum absolute atomic E-state index is 12.9. The maximum atomic E-state index is 12.9. The third kappa shape index (κ3) is 5.48. The average molecular weight is 403 g/mol. The molecule has 1 amide bonds. The molecule has 0 bridgehead atoms. The van der Waals surface area contributed by atoms with Crippen molar-refractivity contribution in [2.24, 2.45) is 17.6 Å². The van der Waals surface area contributed by atoms with Gasteiger partial charge in [0.2, 0.25) is 5.91 Å². The summed E-state index contributed by atoms with van der Waals surface area (Å²) < 4.78 is 0. The van der Waals surface area contributed by atoms with Gasteiger partial charge in [-0.3, -0.25) is 4.79 Å². The van der Waals surface area contributed by atoms with Crippen LogP contribution in [0, 0.1) is 18.8 Å². The number of pyridine rings is 1. The second-order valence-electron chi connectivity index (χ2n) is 7.50. The van der Waals surface area contributed by atoms with Crippen molar-refractivity contribution >= 4 is 36.5 Å². The number of aromatic nitrogens is 1. The van der Waals surface area contributed by atoms with Gasteiger partial charge in [0.25, 0.3) is 0 Å². The number of likely N-dealkylation sites (tertiary alicyclic amines) is 1. The van der Waals surface area contributed by atoms with Gasteiger partial charge in [-0.05, 0) is 57.1 Å². The van der Waals surface area contributed by atoms with Crippen molar-refractivity contribution < 1.29 is 4.79 Å². The third-order valence-electron chi connectivity index (χ3n) is 5.58. The molecular weight excluding hydrogens is 371 g/mol. The Kier molecular flexibility index (Phi) is 9.14. The predicted octanol–water partition coefficient (Wildman–Crippen LogP) is 3.04. The van der Waals surface area contributed by atoms with Crippen LogP contribution in [0.5, 0.6) is 0 Å². The van der Waals surface area contributed by atoms with Gasteiger partial charge in [0.1, 0.15) is 5.82 Å². The Morgan fingerprint density at radius 1 is 1.19 bits per heavy atom. The number of amides is 1. The monoisotopic (exact) mass is 402 g/mol. The minimum Gasteiger partial charge on any atom is -0.357 e. The summed E-state index contributed by atoms with van der Waals surface area (Å²) in [5.41, 5.74) is 7.23. The Balaban J connectivity index is 0.00000169. The number of hydrogen-bond donors (Lipinski definition) is 1. The van der Waals surface area contributed by atoms with E-state index in [4.69, 9.17) is 5.73 Å². The van der Waals surface area contributed by atoms with E-state index in [1.54, 1.807) is 0 Å². The minimum absolute atomic E-state index is 0. The Morgan fingerprint density at radius 3 is 2.46 bits per heavy atom. The van der Waals surface area contributed by atoms with E-state index in [0.29, 0.717) is 11.8 Å². The van der Waals surface area contributed by atoms with Gasteiger partial charge in [-0.1, -0.05) is 6.07 Å². The summed E-state index contributed by atoms with van der Waals surface area (Å²) >= 11 is 0. The molecule has 2 unspecified atom stereocenters. The van der Waals surface area contributed by atoms with Gasteiger partial charge in [-0.25, -0.2) is 4.98 Å². The molecule has 1 aromatic rings. The highest BCUT2D eigenvalue weighted by Gasteiger charge is 2.32. The number of rotatable bonds is 3. The van der Waals surface area contributed by atoms with Crippen LogP contribution in [0.25, 0.3) is 0 Å². The smallest absolute Gasteiger partial charge is 0.225 e. The molecule has 2 fully saturated rings. The van der Waals surface area contributed by atoms with E-state index in [-0.39, 0.29) is 36.8 Å². The molecule has 0 radical (unpaired) electrons. The van der Waals surface area contributed by atoms with Gasteiger partial charge in [0.05, 0.1) is 0 Å². The first-order valence-electron chi connectivity index (χ1n) is 9.26. The van der Waals surface area contributed by atoms with Gasteiger partial charge in [-0.15, -0.1) is 24.8 Å². The number of anilines is 1. The SMILES string of the molecule is Cc1ccc(N2CCC(C(=O)N3CCCC(C(C)N)C3)CC2)nc1.Cl.Cl. The summed E-state index contributed by atoms with van der Waals surface area (Å²) in [5.74, 6) is 2.00. The summed E-state index contributed by atoms with van der Waals surface area (Å²) in [4.78, 5) is 21.7. The van der Waals surface area contributed by atoms with Crippen LogP contribution in [-0.4, -0.2) is 48.0 Å². The number of hydrogen-bond acceptors (Lipinski definition) is 4. The summed E-state index contributed by atoms with van der Waals surface area (Å²) in [7, 11) is 0. The largest absolute Gasteiger partial charge is 0.357 e. The molecule has 148 valence electrons. The molecule has 26 heavy (non-hydrogen) atoms. The lowest BCUT2D eigenvalue weighted by Gasteiger charge is -2.39. The van der Waals surface area contributed by atoms with Crippen molar-refractivity contribution in [3.8, 4) is 0 Å². The van der Waals surface area contributed by atoms with E-state index in [9.17, 15) is 4.79 Å². The molecule has 2 atom stereocenters. The second-order valence-corrected chi connectivity index (χ2v) is 7.50. The molecule has 1 aromatic heterocycles. The van der Waals surface area contributed by atoms with Crippen molar-refractivity contribution in [2.45, 2.75) is 45.6 Å². The second kappa shape index (κ2) is 10.3. The molecule has 0 aromatic carbocycles. The fourth-order valence-electron chi connectivity index (χ4n) is 3.90. The Bertz CT molecular complexity index is 559. The van der Waals surface area contributed by atoms with Crippen LogP contribution in [0.15, 0.2) is 18.3 Å². The van der Waals surface area contributed by atoms with E-state index >= 15 is 0 Å². The number of aryl methyl sites for hydroxylation is 1. The molecule has 0 saturated carbocycles. The molecule has 3 rings (SSSR count). The number of carbonyl (C=O) groups excluding carboxylic acids is 1. The van der Waals surface area contributed by atoms with E-state index in [1.807, 2.05) is 6.20 Å². The van der Waals surface area contributed by atoms with Crippen LogP contribution < -0.4 is 10.6 Å². The normalized spacial score (nSPS) is 22.2. The maximum Gasteiger partial charge on any atom is 0.225 e. The molecule has 7 heteroatoms. The van der Waals surface area contributed by atoms with Crippen molar-refractivity contribution in [1.29, 1.82) is 0 Å². The van der Waals surface area contributed by atoms with Crippen LogP contribution in [0.4, 0.5) is 5.82 Å². The van der Waals surface area contributed by atoms with Gasteiger partial charge >= 0.3 is 0 Å². The summed E-state index contributed by atoms with van der Waals surface area (Å²) in [6.07, 6.45) is 6.00.